The molecule has 1 amide bonds. The lowest BCUT2D eigenvalue weighted by Crippen LogP contribution is -2.31. The highest BCUT2D eigenvalue weighted by Gasteiger charge is 2.25. The summed E-state index contributed by atoms with van der Waals surface area (Å²) >= 11 is 0. The number of hydrogen-bond donors (Lipinski definition) is 3. The van der Waals surface area contributed by atoms with Crippen molar-refractivity contribution in [2.24, 2.45) is 0 Å². The van der Waals surface area contributed by atoms with Crippen molar-refractivity contribution in [2.45, 2.75) is 0 Å². The molecule has 0 saturated carbocycles. The third kappa shape index (κ3) is 5.42. The molecule has 0 atom stereocenters. The highest BCUT2D eigenvalue weighted by Crippen LogP contribution is 2.32. The Hall–Kier alpha value is -5.19. The SMILES string of the molecule is COc1ccc(C(=O)NNc2ncnc(NN(c3ccccc3)c3ccccc3)c2[N+](=O)[O-])cc1. The highest BCUT2D eigenvalue weighted by atomic mass is 16.6. The summed E-state index contributed by atoms with van der Waals surface area (Å²) in [6.45, 7) is 0. The number of ether oxygens (including phenoxy) is 1. The molecule has 11 nitrogen and oxygen atoms in total. The number of aromatic nitrogens is 2. The van der Waals surface area contributed by atoms with Gasteiger partial charge in [-0.15, -0.1) is 0 Å². The van der Waals surface area contributed by atoms with Crippen molar-refractivity contribution in [3.63, 3.8) is 0 Å². The maximum absolute atomic E-state index is 12.5. The predicted molar refractivity (Wildman–Crippen MR) is 131 cm³/mol. The predicted octanol–water partition coefficient (Wildman–Crippen LogP) is 4.32. The lowest BCUT2D eigenvalue weighted by atomic mass is 10.2. The van der Waals surface area contributed by atoms with E-state index in [9.17, 15) is 14.9 Å². The number of nitrogens with one attached hydrogen (secondary N) is 3. The van der Waals surface area contributed by atoms with Gasteiger partial charge in [0.2, 0.25) is 11.6 Å². The average molecular weight is 471 g/mol. The van der Waals surface area contributed by atoms with Crippen LogP contribution in [0.4, 0.5) is 28.7 Å². The van der Waals surface area contributed by atoms with E-state index in [0.717, 1.165) is 17.7 Å². The van der Waals surface area contributed by atoms with Crippen LogP contribution in [0.15, 0.2) is 91.3 Å². The first kappa shape index (κ1) is 23.0. The van der Waals surface area contributed by atoms with Crippen LogP contribution in [0.5, 0.6) is 5.75 Å². The standard InChI is InChI=1S/C24H21N7O4/c1-35-20-14-12-17(13-15-20)24(32)28-27-22-21(31(33)34)23(26-16-25-22)29-30(18-8-4-2-5-9-18)19-10-6-3-7-11-19/h2-16H,1H3,(H,28,32)(H2,25,26,27,29). The van der Waals surface area contributed by atoms with E-state index in [4.69, 9.17) is 4.74 Å². The average Bonchev–Trinajstić information content (AvgIpc) is 2.91. The molecule has 35 heavy (non-hydrogen) atoms. The number of methoxy groups -OCH3 is 1. The normalized spacial score (nSPS) is 10.2. The molecule has 11 heteroatoms. The van der Waals surface area contributed by atoms with Crippen LogP contribution < -0.4 is 26.0 Å². The van der Waals surface area contributed by atoms with E-state index in [1.54, 1.807) is 29.3 Å². The van der Waals surface area contributed by atoms with Gasteiger partial charge in [-0.1, -0.05) is 36.4 Å². The molecule has 176 valence electrons. The zero-order chi connectivity index (χ0) is 24.6. The van der Waals surface area contributed by atoms with Crippen LogP contribution in [0.2, 0.25) is 0 Å². The van der Waals surface area contributed by atoms with Crippen molar-refractivity contribution < 1.29 is 14.5 Å². The van der Waals surface area contributed by atoms with Crippen molar-refractivity contribution in [2.75, 3.05) is 23.0 Å². The minimum atomic E-state index is -0.627. The second kappa shape index (κ2) is 10.6. The van der Waals surface area contributed by atoms with Crippen molar-refractivity contribution in [3.8, 4) is 5.75 Å². The molecular weight excluding hydrogens is 450 g/mol. The van der Waals surface area contributed by atoms with Gasteiger partial charge < -0.3 is 4.74 Å². The summed E-state index contributed by atoms with van der Waals surface area (Å²) in [6, 6.07) is 24.9. The lowest BCUT2D eigenvalue weighted by Gasteiger charge is -2.26. The summed E-state index contributed by atoms with van der Waals surface area (Å²) in [5.41, 5.74) is 9.31. The molecule has 0 unspecified atom stereocenters. The summed E-state index contributed by atoms with van der Waals surface area (Å²) in [5.74, 6) is -0.169. The van der Waals surface area contributed by atoms with E-state index in [0.29, 0.717) is 11.3 Å². The van der Waals surface area contributed by atoms with Gasteiger partial charge in [0, 0.05) is 5.56 Å². The number of anilines is 4. The van der Waals surface area contributed by atoms with Crippen molar-refractivity contribution in [1.29, 1.82) is 0 Å². The molecule has 0 fully saturated rings. The number of carbonyl (C=O) groups excluding carboxylic acids is 1. The van der Waals surface area contributed by atoms with Gasteiger partial charge >= 0.3 is 5.69 Å². The van der Waals surface area contributed by atoms with E-state index < -0.39 is 16.5 Å². The molecule has 1 heterocycles. The molecule has 0 aliphatic rings. The first-order valence-corrected chi connectivity index (χ1v) is 10.4. The monoisotopic (exact) mass is 471 g/mol. The molecule has 4 rings (SSSR count). The second-order valence-corrected chi connectivity index (χ2v) is 7.10. The molecule has 4 aromatic rings. The first-order chi connectivity index (χ1) is 17.1. The number of amides is 1. The Balaban J connectivity index is 1.61. The van der Waals surface area contributed by atoms with E-state index in [1.165, 1.54) is 7.11 Å². The topological polar surface area (TPSA) is 135 Å². The number of nitrogens with zero attached hydrogens (tertiary/aromatic N) is 4. The molecular formula is C24H21N7O4. The van der Waals surface area contributed by atoms with Gasteiger partial charge in [-0.05, 0) is 48.5 Å². The molecule has 0 aliphatic carbocycles. The molecule has 0 aliphatic heterocycles. The Morgan fingerprint density at radius 1 is 0.886 bits per heavy atom. The van der Waals surface area contributed by atoms with Crippen LogP contribution in [0, 0.1) is 10.1 Å². The van der Waals surface area contributed by atoms with Crippen molar-refractivity contribution in [1.82, 2.24) is 15.4 Å². The number of rotatable bonds is 9. The smallest absolute Gasteiger partial charge is 0.356 e. The van der Waals surface area contributed by atoms with Crippen LogP contribution in [0.1, 0.15) is 10.4 Å². The molecule has 3 aromatic carbocycles. The van der Waals surface area contributed by atoms with Crippen LogP contribution in [-0.2, 0) is 0 Å². The second-order valence-electron chi connectivity index (χ2n) is 7.10. The van der Waals surface area contributed by atoms with Gasteiger partial charge in [0.15, 0.2) is 0 Å². The maximum atomic E-state index is 12.5. The molecule has 0 saturated heterocycles. The van der Waals surface area contributed by atoms with E-state index in [2.05, 4.69) is 26.2 Å². The minimum Gasteiger partial charge on any atom is -0.497 e. The summed E-state index contributed by atoms with van der Waals surface area (Å²) in [7, 11) is 1.52. The number of hydrazine groups is 2. The first-order valence-electron chi connectivity index (χ1n) is 10.4. The van der Waals surface area contributed by atoms with Crippen LogP contribution in [0.3, 0.4) is 0 Å². The van der Waals surface area contributed by atoms with Gasteiger partial charge in [0.25, 0.3) is 5.91 Å². The Kier molecular flexibility index (Phi) is 6.97. The van der Waals surface area contributed by atoms with Gasteiger partial charge in [-0.3, -0.25) is 36.2 Å². The molecule has 3 N–H and O–H groups in total. The zero-order valence-electron chi connectivity index (χ0n) is 18.6. The fourth-order valence-electron chi connectivity index (χ4n) is 3.19. The van der Waals surface area contributed by atoms with E-state index in [-0.39, 0.29) is 11.6 Å². The van der Waals surface area contributed by atoms with E-state index in [1.807, 2.05) is 60.7 Å². The van der Waals surface area contributed by atoms with Crippen molar-refractivity contribution >= 4 is 34.6 Å². The number of nitro groups is 1. The minimum absolute atomic E-state index is 0.0705. The number of hydrogen-bond acceptors (Lipinski definition) is 9. The largest absolute Gasteiger partial charge is 0.497 e. The van der Waals surface area contributed by atoms with Gasteiger partial charge in [-0.2, -0.15) is 0 Å². The number of carbonyl (C=O) groups is 1. The highest BCUT2D eigenvalue weighted by molar-refractivity contribution is 5.95. The maximum Gasteiger partial charge on any atom is 0.356 e. The molecule has 0 spiro atoms. The summed E-state index contributed by atoms with van der Waals surface area (Å²) < 4.78 is 5.08. The van der Waals surface area contributed by atoms with E-state index >= 15 is 0 Å². The van der Waals surface area contributed by atoms with Gasteiger partial charge in [0.1, 0.15) is 12.1 Å². The lowest BCUT2D eigenvalue weighted by molar-refractivity contribution is -0.383. The molecule has 0 radical (unpaired) electrons. The molecule has 0 bridgehead atoms. The third-order valence-corrected chi connectivity index (χ3v) is 4.90. The van der Waals surface area contributed by atoms with Crippen LogP contribution in [0.25, 0.3) is 0 Å². The fourth-order valence-corrected chi connectivity index (χ4v) is 3.19. The Labute approximate surface area is 200 Å². The Morgan fingerprint density at radius 3 is 2.00 bits per heavy atom. The Morgan fingerprint density at radius 2 is 1.46 bits per heavy atom. The van der Waals surface area contributed by atoms with Gasteiger partial charge in [0.05, 0.1) is 23.4 Å². The Bertz CT molecular complexity index is 1260. The van der Waals surface area contributed by atoms with Gasteiger partial charge in [-0.25, -0.2) is 9.97 Å². The fraction of sp³-hybridized carbons (Fsp3) is 0.0417. The number of benzene rings is 3. The number of para-hydroxylation sites is 2. The van der Waals surface area contributed by atoms with Crippen LogP contribution >= 0.6 is 0 Å². The van der Waals surface area contributed by atoms with Crippen molar-refractivity contribution in [3.05, 3.63) is 107 Å². The summed E-state index contributed by atoms with van der Waals surface area (Å²) in [6.07, 6.45) is 1.16. The third-order valence-electron chi connectivity index (χ3n) is 4.90. The zero-order valence-corrected chi connectivity index (χ0v) is 18.6. The quantitative estimate of drug-likeness (QED) is 0.241. The summed E-state index contributed by atoms with van der Waals surface area (Å²) in [5, 5.41) is 13.6. The van der Waals surface area contributed by atoms with Crippen LogP contribution in [-0.4, -0.2) is 27.9 Å². The summed E-state index contributed by atoms with van der Waals surface area (Å²) in [4.78, 5) is 31.9. The molecule has 1 aromatic heterocycles.